The Labute approximate surface area is 85.8 Å². The number of carboxylic acids is 1. The molecule has 0 saturated carbocycles. The molecule has 0 atom stereocenters. The molecule has 2 N–H and O–H groups in total. The van der Waals surface area contributed by atoms with Crippen LogP contribution in [0.3, 0.4) is 0 Å². The number of allylic oxidation sites excluding steroid dienone is 2. The zero-order valence-electron chi connectivity index (χ0n) is 9.35. The maximum Gasteiger partial charge on any atom is 0.337 e. The number of hydrogen-bond acceptors (Lipinski definition) is 2. The number of likely N-dealkylation sites (N-methyl/N-ethyl adjacent to an activating group) is 1. The van der Waals surface area contributed by atoms with Crippen LogP contribution in [0.5, 0.6) is 0 Å². The Morgan fingerprint density at radius 3 is 2.00 bits per heavy atom. The van der Waals surface area contributed by atoms with Gasteiger partial charge in [-0.3, -0.25) is 0 Å². The predicted molar refractivity (Wildman–Crippen MR) is 60.1 cm³/mol. The first-order valence-electron chi connectivity index (χ1n) is 4.46. The van der Waals surface area contributed by atoms with Crippen molar-refractivity contribution in [1.82, 2.24) is 5.32 Å². The SMILES string of the molecule is C=C(C)/C=C(\C(=C)NC)C(=O)O.CC. The van der Waals surface area contributed by atoms with Gasteiger partial charge in [0.15, 0.2) is 0 Å². The van der Waals surface area contributed by atoms with Crippen molar-refractivity contribution in [3.05, 3.63) is 36.1 Å². The van der Waals surface area contributed by atoms with E-state index in [2.05, 4.69) is 18.5 Å². The molecule has 0 aromatic rings. The summed E-state index contributed by atoms with van der Waals surface area (Å²) < 4.78 is 0. The lowest BCUT2D eigenvalue weighted by atomic mass is 10.1. The highest BCUT2D eigenvalue weighted by Crippen LogP contribution is 2.07. The number of nitrogens with one attached hydrogen (secondary N) is 1. The molecule has 0 aromatic carbocycles. The van der Waals surface area contributed by atoms with Gasteiger partial charge in [0, 0.05) is 12.7 Å². The second-order valence-electron chi connectivity index (χ2n) is 2.44. The van der Waals surface area contributed by atoms with Gasteiger partial charge in [-0.25, -0.2) is 4.79 Å². The van der Waals surface area contributed by atoms with E-state index >= 15 is 0 Å². The molecule has 0 fully saturated rings. The standard InChI is InChI=1S/C9H13NO2.C2H6/c1-6(2)5-8(9(11)12)7(3)10-4;1-2/h5,10H,1,3H2,2,4H3,(H,11,12);1-2H3/b8-5+;. The highest BCUT2D eigenvalue weighted by molar-refractivity contribution is 5.91. The monoisotopic (exact) mass is 197 g/mol. The van der Waals surface area contributed by atoms with Gasteiger partial charge < -0.3 is 10.4 Å². The minimum atomic E-state index is -1.00. The van der Waals surface area contributed by atoms with Crippen LogP contribution in [0.4, 0.5) is 0 Å². The van der Waals surface area contributed by atoms with Crippen LogP contribution < -0.4 is 5.32 Å². The summed E-state index contributed by atoms with van der Waals surface area (Å²) in [6.07, 6.45) is 1.47. The smallest absolute Gasteiger partial charge is 0.337 e. The normalized spacial score (nSPS) is 9.57. The number of carbonyl (C=O) groups is 1. The van der Waals surface area contributed by atoms with Crippen molar-refractivity contribution >= 4 is 5.97 Å². The fraction of sp³-hybridized carbons (Fsp3) is 0.364. The van der Waals surface area contributed by atoms with E-state index in [4.69, 9.17) is 5.11 Å². The molecular weight excluding hydrogens is 178 g/mol. The first-order chi connectivity index (χ1) is 6.49. The molecule has 80 valence electrons. The van der Waals surface area contributed by atoms with E-state index in [0.717, 1.165) is 0 Å². The third-order valence-corrected chi connectivity index (χ3v) is 1.25. The van der Waals surface area contributed by atoms with E-state index in [9.17, 15) is 4.79 Å². The molecule has 0 heterocycles. The minimum absolute atomic E-state index is 0.144. The van der Waals surface area contributed by atoms with Gasteiger partial charge in [-0.05, 0) is 13.0 Å². The summed E-state index contributed by atoms with van der Waals surface area (Å²) in [6, 6.07) is 0. The summed E-state index contributed by atoms with van der Waals surface area (Å²) >= 11 is 0. The molecule has 0 rings (SSSR count). The molecule has 0 aliphatic rings. The van der Waals surface area contributed by atoms with E-state index in [1.54, 1.807) is 14.0 Å². The highest BCUT2D eigenvalue weighted by atomic mass is 16.4. The molecule has 0 radical (unpaired) electrons. The van der Waals surface area contributed by atoms with Crippen LogP contribution in [0.15, 0.2) is 36.1 Å². The molecule has 0 aliphatic heterocycles. The minimum Gasteiger partial charge on any atom is -0.478 e. The van der Waals surface area contributed by atoms with Crippen LogP contribution >= 0.6 is 0 Å². The Kier molecular flexibility index (Phi) is 8.68. The molecule has 0 aliphatic carbocycles. The third kappa shape index (κ3) is 6.06. The number of rotatable bonds is 4. The zero-order chi connectivity index (χ0) is 11.7. The largest absolute Gasteiger partial charge is 0.478 e. The Hall–Kier alpha value is -1.51. The zero-order valence-corrected chi connectivity index (χ0v) is 9.35. The van der Waals surface area contributed by atoms with Crippen molar-refractivity contribution in [2.24, 2.45) is 0 Å². The molecular formula is C11H19NO2. The third-order valence-electron chi connectivity index (χ3n) is 1.25. The lowest BCUT2D eigenvalue weighted by molar-refractivity contribution is -0.132. The van der Waals surface area contributed by atoms with Crippen molar-refractivity contribution in [3.63, 3.8) is 0 Å². The van der Waals surface area contributed by atoms with E-state index in [-0.39, 0.29) is 5.57 Å². The van der Waals surface area contributed by atoms with Gasteiger partial charge in [-0.2, -0.15) is 0 Å². The molecule has 0 bridgehead atoms. The molecule has 0 unspecified atom stereocenters. The molecule has 3 nitrogen and oxygen atoms in total. The topological polar surface area (TPSA) is 49.3 Å². The van der Waals surface area contributed by atoms with Crippen molar-refractivity contribution < 1.29 is 9.90 Å². The Balaban J connectivity index is 0. The van der Waals surface area contributed by atoms with Crippen LogP contribution in [0.1, 0.15) is 20.8 Å². The molecule has 3 heteroatoms. The highest BCUT2D eigenvalue weighted by Gasteiger charge is 2.09. The number of aliphatic carboxylic acids is 1. The van der Waals surface area contributed by atoms with Crippen LogP contribution in [0.2, 0.25) is 0 Å². The molecule has 14 heavy (non-hydrogen) atoms. The molecule has 0 spiro atoms. The summed E-state index contributed by atoms with van der Waals surface area (Å²) in [5.74, 6) is -1.00. The van der Waals surface area contributed by atoms with Crippen molar-refractivity contribution in [2.75, 3.05) is 7.05 Å². The fourth-order valence-corrected chi connectivity index (χ4v) is 0.659. The van der Waals surface area contributed by atoms with E-state index in [0.29, 0.717) is 11.3 Å². The van der Waals surface area contributed by atoms with Gasteiger partial charge in [-0.1, -0.05) is 32.6 Å². The van der Waals surface area contributed by atoms with Crippen LogP contribution in [0, 0.1) is 0 Å². The second kappa shape index (κ2) is 8.10. The summed E-state index contributed by atoms with van der Waals surface area (Å²) in [5.41, 5.74) is 1.21. The van der Waals surface area contributed by atoms with Crippen molar-refractivity contribution in [1.29, 1.82) is 0 Å². The second-order valence-corrected chi connectivity index (χ2v) is 2.44. The number of carboxylic acid groups (broad SMARTS) is 1. The van der Waals surface area contributed by atoms with E-state index in [1.807, 2.05) is 13.8 Å². The van der Waals surface area contributed by atoms with Gasteiger partial charge in [0.05, 0.1) is 5.57 Å². The Morgan fingerprint density at radius 1 is 1.36 bits per heavy atom. The van der Waals surface area contributed by atoms with Gasteiger partial charge in [0.1, 0.15) is 0 Å². The average molecular weight is 197 g/mol. The maximum atomic E-state index is 10.6. The van der Waals surface area contributed by atoms with Crippen LogP contribution in [0.25, 0.3) is 0 Å². The fourth-order valence-electron chi connectivity index (χ4n) is 0.659. The first-order valence-corrected chi connectivity index (χ1v) is 4.46. The maximum absolute atomic E-state index is 10.6. The summed E-state index contributed by atoms with van der Waals surface area (Å²) in [4.78, 5) is 10.6. The first kappa shape index (κ1) is 15.0. The van der Waals surface area contributed by atoms with E-state index < -0.39 is 5.97 Å². The van der Waals surface area contributed by atoms with Crippen molar-refractivity contribution in [2.45, 2.75) is 20.8 Å². The van der Waals surface area contributed by atoms with Gasteiger partial charge >= 0.3 is 5.97 Å². The molecule has 0 amide bonds. The van der Waals surface area contributed by atoms with Crippen LogP contribution in [-0.2, 0) is 4.79 Å². The Bertz CT molecular complexity index is 252. The van der Waals surface area contributed by atoms with Crippen molar-refractivity contribution in [3.8, 4) is 0 Å². The van der Waals surface area contributed by atoms with Gasteiger partial charge in [-0.15, -0.1) is 0 Å². The van der Waals surface area contributed by atoms with E-state index in [1.165, 1.54) is 6.08 Å². The average Bonchev–Trinajstić information content (AvgIpc) is 2.15. The molecule has 0 saturated heterocycles. The summed E-state index contributed by atoms with van der Waals surface area (Å²) in [6.45, 7) is 12.9. The summed E-state index contributed by atoms with van der Waals surface area (Å²) in [7, 11) is 1.62. The van der Waals surface area contributed by atoms with Crippen LogP contribution in [-0.4, -0.2) is 18.1 Å². The number of hydrogen-bond donors (Lipinski definition) is 2. The summed E-state index contributed by atoms with van der Waals surface area (Å²) in [5, 5.41) is 11.4. The van der Waals surface area contributed by atoms with Gasteiger partial charge in [0.2, 0.25) is 0 Å². The van der Waals surface area contributed by atoms with Gasteiger partial charge in [0.25, 0.3) is 0 Å². The molecule has 0 aromatic heterocycles. The quantitative estimate of drug-likeness (QED) is 0.537. The lowest BCUT2D eigenvalue weighted by Gasteiger charge is -2.04. The Morgan fingerprint density at radius 2 is 1.79 bits per heavy atom. The predicted octanol–water partition coefficient (Wildman–Crippen LogP) is 2.33. The lowest BCUT2D eigenvalue weighted by Crippen LogP contribution is -2.13.